The molecule has 1 aliphatic rings. The van der Waals surface area contributed by atoms with Crippen molar-refractivity contribution < 1.29 is 9.52 Å². The van der Waals surface area contributed by atoms with E-state index in [0.717, 1.165) is 17.0 Å². The fraction of sp³-hybridized carbons (Fsp3) is 0.636. The van der Waals surface area contributed by atoms with E-state index in [1.807, 2.05) is 6.92 Å². The van der Waals surface area contributed by atoms with Crippen LogP contribution in [0.5, 0.6) is 0 Å². The zero-order chi connectivity index (χ0) is 9.42. The topological polar surface area (TPSA) is 33.4 Å². The fourth-order valence-electron chi connectivity index (χ4n) is 1.84. The monoisotopic (exact) mass is 180 g/mol. The van der Waals surface area contributed by atoms with Gasteiger partial charge in [-0.05, 0) is 37.2 Å². The predicted molar refractivity (Wildman–Crippen MR) is 50.3 cm³/mol. The highest BCUT2D eigenvalue weighted by molar-refractivity contribution is 5.22. The first-order valence-electron chi connectivity index (χ1n) is 4.91. The molecule has 2 rings (SSSR count). The third kappa shape index (κ3) is 1.63. The van der Waals surface area contributed by atoms with Crippen molar-refractivity contribution in [2.24, 2.45) is 11.8 Å². The lowest BCUT2D eigenvalue weighted by Crippen LogP contribution is -2.11. The first-order chi connectivity index (χ1) is 6.20. The van der Waals surface area contributed by atoms with Crippen LogP contribution < -0.4 is 0 Å². The van der Waals surface area contributed by atoms with Gasteiger partial charge < -0.3 is 9.52 Å². The molecule has 1 fully saturated rings. The molecule has 2 heteroatoms. The van der Waals surface area contributed by atoms with Crippen molar-refractivity contribution in [3.8, 4) is 0 Å². The minimum atomic E-state index is -0.341. The second-order valence-electron chi connectivity index (χ2n) is 4.15. The van der Waals surface area contributed by atoms with Gasteiger partial charge in [0.25, 0.3) is 0 Å². The van der Waals surface area contributed by atoms with Crippen molar-refractivity contribution >= 4 is 0 Å². The van der Waals surface area contributed by atoms with Gasteiger partial charge in [0, 0.05) is 5.56 Å². The molecule has 2 unspecified atom stereocenters. The van der Waals surface area contributed by atoms with Gasteiger partial charge in [-0.1, -0.05) is 6.92 Å². The standard InChI is InChI=1S/C11H16O2/c1-7-5-13-6-10(7)11(12)8(2)9-3-4-9/h5-6,8-9,11-12H,3-4H2,1-2H3. The van der Waals surface area contributed by atoms with Gasteiger partial charge in [-0.15, -0.1) is 0 Å². The normalized spacial score (nSPS) is 21.5. The van der Waals surface area contributed by atoms with E-state index in [9.17, 15) is 5.11 Å². The number of hydrogen-bond donors (Lipinski definition) is 1. The summed E-state index contributed by atoms with van der Waals surface area (Å²) < 4.78 is 5.06. The summed E-state index contributed by atoms with van der Waals surface area (Å²) >= 11 is 0. The molecular formula is C11H16O2. The Balaban J connectivity index is 2.11. The molecule has 0 aliphatic heterocycles. The highest BCUT2D eigenvalue weighted by Crippen LogP contribution is 2.43. The lowest BCUT2D eigenvalue weighted by atomic mass is 9.93. The van der Waals surface area contributed by atoms with Gasteiger partial charge in [0.15, 0.2) is 0 Å². The van der Waals surface area contributed by atoms with Gasteiger partial charge in [0.05, 0.1) is 18.6 Å². The highest BCUT2D eigenvalue weighted by Gasteiger charge is 2.33. The smallest absolute Gasteiger partial charge is 0.0963 e. The van der Waals surface area contributed by atoms with E-state index in [2.05, 4.69) is 6.92 Å². The Bertz CT molecular complexity index is 286. The lowest BCUT2D eigenvalue weighted by Gasteiger charge is -2.17. The van der Waals surface area contributed by atoms with Crippen molar-refractivity contribution in [2.45, 2.75) is 32.8 Å². The van der Waals surface area contributed by atoms with Crippen molar-refractivity contribution in [1.82, 2.24) is 0 Å². The first kappa shape index (κ1) is 8.82. The molecule has 0 amide bonds. The average Bonchev–Trinajstić information content (AvgIpc) is 2.87. The van der Waals surface area contributed by atoms with Crippen molar-refractivity contribution in [3.63, 3.8) is 0 Å². The molecule has 1 aromatic heterocycles. The number of rotatable bonds is 3. The Morgan fingerprint density at radius 3 is 2.62 bits per heavy atom. The van der Waals surface area contributed by atoms with E-state index >= 15 is 0 Å². The number of aliphatic hydroxyl groups excluding tert-OH is 1. The molecule has 2 nitrogen and oxygen atoms in total. The predicted octanol–water partition coefficient (Wildman–Crippen LogP) is 2.67. The molecule has 0 saturated heterocycles. The largest absolute Gasteiger partial charge is 0.472 e. The molecule has 1 aromatic rings. The van der Waals surface area contributed by atoms with Crippen LogP contribution in [-0.4, -0.2) is 5.11 Å². The molecule has 0 bridgehead atoms. The second kappa shape index (κ2) is 3.18. The first-order valence-corrected chi connectivity index (χ1v) is 4.91. The molecule has 0 aromatic carbocycles. The van der Waals surface area contributed by atoms with Gasteiger partial charge >= 0.3 is 0 Å². The third-order valence-corrected chi connectivity index (χ3v) is 3.08. The Morgan fingerprint density at radius 1 is 1.46 bits per heavy atom. The summed E-state index contributed by atoms with van der Waals surface area (Å²) in [7, 11) is 0. The van der Waals surface area contributed by atoms with Crippen LogP contribution in [0.25, 0.3) is 0 Å². The summed E-state index contributed by atoms with van der Waals surface area (Å²) in [5.74, 6) is 1.10. The Hall–Kier alpha value is -0.760. The van der Waals surface area contributed by atoms with Crippen LogP contribution in [0.3, 0.4) is 0 Å². The summed E-state index contributed by atoms with van der Waals surface area (Å²) in [6.07, 6.45) is 5.56. The molecule has 72 valence electrons. The quantitative estimate of drug-likeness (QED) is 0.775. The minimum absolute atomic E-state index is 0.341. The minimum Gasteiger partial charge on any atom is -0.472 e. The van der Waals surface area contributed by atoms with Crippen molar-refractivity contribution in [2.75, 3.05) is 0 Å². The molecular weight excluding hydrogens is 164 g/mol. The Morgan fingerprint density at radius 2 is 2.15 bits per heavy atom. The molecule has 0 radical (unpaired) electrons. The van der Waals surface area contributed by atoms with Crippen molar-refractivity contribution in [3.05, 3.63) is 23.7 Å². The van der Waals surface area contributed by atoms with Crippen LogP contribution in [0.2, 0.25) is 0 Å². The maximum absolute atomic E-state index is 10.0. The van der Waals surface area contributed by atoms with Crippen LogP contribution in [0.1, 0.15) is 37.0 Å². The van der Waals surface area contributed by atoms with E-state index < -0.39 is 0 Å². The molecule has 13 heavy (non-hydrogen) atoms. The second-order valence-corrected chi connectivity index (χ2v) is 4.15. The Labute approximate surface area is 78.6 Å². The van der Waals surface area contributed by atoms with Crippen LogP contribution in [0.4, 0.5) is 0 Å². The maximum atomic E-state index is 10.0. The van der Waals surface area contributed by atoms with Gasteiger partial charge in [-0.25, -0.2) is 0 Å². The zero-order valence-corrected chi connectivity index (χ0v) is 8.16. The summed E-state index contributed by atoms with van der Waals surface area (Å²) in [5, 5.41) is 10.0. The SMILES string of the molecule is Cc1cocc1C(O)C(C)C1CC1. The summed E-state index contributed by atoms with van der Waals surface area (Å²) in [6, 6.07) is 0. The number of hydrogen-bond acceptors (Lipinski definition) is 2. The van der Waals surface area contributed by atoms with Crippen LogP contribution in [0, 0.1) is 18.8 Å². The van der Waals surface area contributed by atoms with Gasteiger partial charge in [0.1, 0.15) is 0 Å². The third-order valence-electron chi connectivity index (χ3n) is 3.08. The van der Waals surface area contributed by atoms with E-state index in [1.165, 1.54) is 12.8 Å². The van der Waals surface area contributed by atoms with Gasteiger partial charge in [-0.3, -0.25) is 0 Å². The average molecular weight is 180 g/mol. The van der Waals surface area contributed by atoms with Crippen LogP contribution in [0.15, 0.2) is 16.9 Å². The van der Waals surface area contributed by atoms with Crippen LogP contribution in [-0.2, 0) is 0 Å². The van der Waals surface area contributed by atoms with Gasteiger partial charge in [-0.2, -0.15) is 0 Å². The maximum Gasteiger partial charge on any atom is 0.0963 e. The highest BCUT2D eigenvalue weighted by atomic mass is 16.3. The van der Waals surface area contributed by atoms with Crippen LogP contribution >= 0.6 is 0 Å². The van der Waals surface area contributed by atoms with Crippen molar-refractivity contribution in [1.29, 1.82) is 0 Å². The molecule has 1 aliphatic carbocycles. The summed E-state index contributed by atoms with van der Waals surface area (Å²) in [6.45, 7) is 4.09. The fourth-order valence-corrected chi connectivity index (χ4v) is 1.84. The molecule has 1 heterocycles. The molecule has 0 spiro atoms. The summed E-state index contributed by atoms with van der Waals surface area (Å²) in [4.78, 5) is 0. The molecule has 1 N–H and O–H groups in total. The summed E-state index contributed by atoms with van der Waals surface area (Å²) in [5.41, 5.74) is 2.01. The van der Waals surface area contributed by atoms with E-state index in [1.54, 1.807) is 12.5 Å². The zero-order valence-electron chi connectivity index (χ0n) is 8.16. The van der Waals surface area contributed by atoms with E-state index in [-0.39, 0.29) is 6.10 Å². The van der Waals surface area contributed by atoms with E-state index in [4.69, 9.17) is 4.42 Å². The molecule has 2 atom stereocenters. The number of aliphatic hydroxyl groups is 1. The Kier molecular flexibility index (Phi) is 2.16. The molecule has 1 saturated carbocycles. The lowest BCUT2D eigenvalue weighted by molar-refractivity contribution is 0.105. The van der Waals surface area contributed by atoms with E-state index in [0.29, 0.717) is 5.92 Å². The van der Waals surface area contributed by atoms with Gasteiger partial charge in [0.2, 0.25) is 0 Å². The number of aryl methyl sites for hydroxylation is 1. The number of furan rings is 1.